The maximum absolute atomic E-state index is 14.2. The average molecular weight is 631 g/mol. The molecule has 1 aliphatic carbocycles. The number of nitrogens with one attached hydrogen (secondary N) is 1. The normalized spacial score (nSPS) is 14.7. The van der Waals surface area contributed by atoms with E-state index in [1.165, 1.54) is 4.90 Å². The third kappa shape index (κ3) is 8.72. The van der Waals surface area contributed by atoms with E-state index in [1.807, 2.05) is 37.3 Å². The fourth-order valence-corrected chi connectivity index (χ4v) is 6.57. The van der Waals surface area contributed by atoms with E-state index in [1.54, 1.807) is 42.5 Å². The Morgan fingerprint density at radius 2 is 1.62 bits per heavy atom. The molecule has 0 bridgehead atoms. The molecule has 10 heteroatoms. The van der Waals surface area contributed by atoms with Crippen LogP contribution in [-0.2, 0) is 32.6 Å². The van der Waals surface area contributed by atoms with E-state index >= 15 is 0 Å². The van der Waals surface area contributed by atoms with E-state index in [4.69, 9.17) is 23.2 Å². The molecule has 0 saturated heterocycles. The fourth-order valence-electron chi connectivity index (χ4n) is 5.26. The van der Waals surface area contributed by atoms with Crippen molar-refractivity contribution in [3.8, 4) is 0 Å². The van der Waals surface area contributed by atoms with Crippen LogP contribution in [0.1, 0.15) is 48.8 Å². The van der Waals surface area contributed by atoms with Crippen LogP contribution in [0.25, 0.3) is 0 Å². The molecule has 0 radical (unpaired) electrons. The first kappa shape index (κ1) is 31.9. The maximum Gasteiger partial charge on any atom is 0.244 e. The summed E-state index contributed by atoms with van der Waals surface area (Å²) in [6.07, 6.45) is 6.30. The minimum absolute atomic E-state index is 0.00405. The standard InChI is InChI=1S/C32H37Cl2N3O4S/c1-23-13-17-28(18-14-23)37(42(2,40)41)22-31(38)36(21-25-15-16-26(33)20-29(25)34)30(19-24-9-5-3-6-10-24)32(39)35-27-11-7-4-8-12-27/h3,5-6,9-10,13-18,20,27,30H,4,7-8,11-12,19,21-22H2,1-2H3,(H,35,39). The molecular weight excluding hydrogens is 593 g/mol. The van der Waals surface area contributed by atoms with E-state index < -0.39 is 28.5 Å². The van der Waals surface area contributed by atoms with Crippen molar-refractivity contribution in [1.29, 1.82) is 0 Å². The van der Waals surface area contributed by atoms with Crippen LogP contribution in [0.4, 0.5) is 5.69 Å². The van der Waals surface area contributed by atoms with Gasteiger partial charge in [-0.05, 0) is 55.2 Å². The Morgan fingerprint density at radius 1 is 0.952 bits per heavy atom. The van der Waals surface area contributed by atoms with Gasteiger partial charge in [0.05, 0.1) is 11.9 Å². The first-order valence-electron chi connectivity index (χ1n) is 14.1. The Kier molecular flexibility index (Phi) is 10.9. The molecule has 3 aromatic rings. The number of halogens is 2. The zero-order chi connectivity index (χ0) is 30.3. The lowest BCUT2D eigenvalue weighted by atomic mass is 9.94. The number of hydrogen-bond donors (Lipinski definition) is 1. The van der Waals surface area contributed by atoms with Crippen LogP contribution in [0.15, 0.2) is 72.8 Å². The molecule has 2 amide bonds. The molecule has 0 spiro atoms. The molecule has 1 atom stereocenters. The van der Waals surface area contributed by atoms with Gasteiger partial charge in [0.25, 0.3) is 0 Å². The number of sulfonamides is 1. The predicted octanol–water partition coefficient (Wildman–Crippen LogP) is 6.16. The number of hydrogen-bond acceptors (Lipinski definition) is 4. The van der Waals surface area contributed by atoms with Gasteiger partial charge in [0.15, 0.2) is 0 Å². The Morgan fingerprint density at radius 3 is 2.24 bits per heavy atom. The van der Waals surface area contributed by atoms with Crippen LogP contribution in [-0.4, -0.2) is 50.0 Å². The van der Waals surface area contributed by atoms with Crippen molar-refractivity contribution in [2.24, 2.45) is 0 Å². The molecule has 7 nitrogen and oxygen atoms in total. The van der Waals surface area contributed by atoms with Gasteiger partial charge in [0.2, 0.25) is 21.8 Å². The molecule has 3 aromatic carbocycles. The molecule has 1 aliphatic rings. The Bertz CT molecular complexity index is 1480. The van der Waals surface area contributed by atoms with Crippen molar-refractivity contribution in [3.63, 3.8) is 0 Å². The van der Waals surface area contributed by atoms with Crippen molar-refractivity contribution in [1.82, 2.24) is 10.2 Å². The van der Waals surface area contributed by atoms with E-state index in [0.29, 0.717) is 21.3 Å². The highest BCUT2D eigenvalue weighted by atomic mass is 35.5. The maximum atomic E-state index is 14.2. The van der Waals surface area contributed by atoms with E-state index in [9.17, 15) is 18.0 Å². The summed E-state index contributed by atoms with van der Waals surface area (Å²) >= 11 is 12.7. The molecule has 1 unspecified atom stereocenters. The molecule has 0 aliphatic heterocycles. The van der Waals surface area contributed by atoms with Crippen LogP contribution in [0, 0.1) is 6.92 Å². The number of carbonyl (C=O) groups is 2. The van der Waals surface area contributed by atoms with Crippen LogP contribution >= 0.6 is 23.2 Å². The summed E-state index contributed by atoms with van der Waals surface area (Å²) in [5, 5.41) is 3.98. The highest BCUT2D eigenvalue weighted by Crippen LogP contribution is 2.26. The summed E-state index contributed by atoms with van der Waals surface area (Å²) < 4.78 is 26.9. The van der Waals surface area contributed by atoms with E-state index in [-0.39, 0.29) is 24.9 Å². The summed E-state index contributed by atoms with van der Waals surface area (Å²) in [5.74, 6) is -0.794. The second-order valence-corrected chi connectivity index (χ2v) is 13.7. The summed E-state index contributed by atoms with van der Waals surface area (Å²) in [7, 11) is -3.83. The molecule has 1 N–H and O–H groups in total. The van der Waals surface area contributed by atoms with Gasteiger partial charge in [0.1, 0.15) is 12.6 Å². The van der Waals surface area contributed by atoms with Gasteiger partial charge >= 0.3 is 0 Å². The summed E-state index contributed by atoms with van der Waals surface area (Å²) in [4.78, 5) is 29.7. The lowest BCUT2D eigenvalue weighted by Crippen LogP contribution is -2.55. The van der Waals surface area contributed by atoms with E-state index in [2.05, 4.69) is 5.32 Å². The SMILES string of the molecule is Cc1ccc(N(CC(=O)N(Cc2ccc(Cl)cc2Cl)C(Cc2ccccc2)C(=O)NC2CCCCC2)S(C)(=O)=O)cc1. The molecule has 1 fully saturated rings. The van der Waals surface area contributed by atoms with Crippen LogP contribution in [0.3, 0.4) is 0 Å². The van der Waals surface area contributed by atoms with Crippen molar-refractivity contribution in [3.05, 3.63) is 99.5 Å². The highest BCUT2D eigenvalue weighted by molar-refractivity contribution is 7.92. The van der Waals surface area contributed by atoms with Crippen molar-refractivity contribution in [2.75, 3.05) is 17.1 Å². The quantitative estimate of drug-likeness (QED) is 0.275. The third-order valence-corrected chi connectivity index (χ3v) is 9.31. The molecule has 0 heterocycles. The molecule has 42 heavy (non-hydrogen) atoms. The van der Waals surface area contributed by atoms with Gasteiger partial charge in [-0.25, -0.2) is 8.42 Å². The average Bonchev–Trinajstić information content (AvgIpc) is 2.95. The zero-order valence-corrected chi connectivity index (χ0v) is 26.3. The van der Waals surface area contributed by atoms with Gasteiger partial charge in [0, 0.05) is 29.1 Å². The highest BCUT2D eigenvalue weighted by Gasteiger charge is 2.34. The van der Waals surface area contributed by atoms with Crippen molar-refractivity contribution >= 4 is 50.7 Å². The number of nitrogens with zero attached hydrogens (tertiary/aromatic N) is 2. The number of rotatable bonds is 11. The number of anilines is 1. The van der Waals surface area contributed by atoms with Crippen molar-refractivity contribution < 1.29 is 18.0 Å². The number of benzene rings is 3. The first-order chi connectivity index (χ1) is 20.0. The topological polar surface area (TPSA) is 86.8 Å². The Labute approximate surface area is 258 Å². The minimum Gasteiger partial charge on any atom is -0.352 e. The van der Waals surface area contributed by atoms with Gasteiger partial charge in [-0.2, -0.15) is 0 Å². The molecule has 0 aromatic heterocycles. The number of amides is 2. The summed E-state index contributed by atoms with van der Waals surface area (Å²) in [6.45, 7) is 1.42. The van der Waals surface area contributed by atoms with Gasteiger partial charge in [-0.1, -0.05) is 96.6 Å². The number of carbonyl (C=O) groups excluding carboxylic acids is 2. The van der Waals surface area contributed by atoms with Gasteiger partial charge in [-0.3, -0.25) is 13.9 Å². The fraction of sp³-hybridized carbons (Fsp3) is 0.375. The van der Waals surface area contributed by atoms with Crippen molar-refractivity contribution in [2.45, 2.75) is 64.1 Å². The minimum atomic E-state index is -3.83. The number of aryl methyl sites for hydroxylation is 1. The van der Waals surface area contributed by atoms with Gasteiger partial charge in [-0.15, -0.1) is 0 Å². The second-order valence-electron chi connectivity index (χ2n) is 10.9. The Hall–Kier alpha value is -3.07. The lowest BCUT2D eigenvalue weighted by molar-refractivity contribution is -0.140. The first-order valence-corrected chi connectivity index (χ1v) is 16.7. The summed E-state index contributed by atoms with van der Waals surface area (Å²) in [6, 6.07) is 20.5. The second kappa shape index (κ2) is 14.4. The molecular formula is C32H37Cl2N3O4S. The Balaban J connectivity index is 1.74. The molecule has 224 valence electrons. The third-order valence-electron chi connectivity index (χ3n) is 7.58. The molecule has 4 rings (SSSR count). The van der Waals surface area contributed by atoms with E-state index in [0.717, 1.165) is 53.8 Å². The predicted molar refractivity (Wildman–Crippen MR) is 169 cm³/mol. The van der Waals surface area contributed by atoms with Crippen LogP contribution < -0.4 is 9.62 Å². The monoisotopic (exact) mass is 629 g/mol. The van der Waals surface area contributed by atoms with Crippen LogP contribution in [0.2, 0.25) is 10.0 Å². The smallest absolute Gasteiger partial charge is 0.244 e. The zero-order valence-electron chi connectivity index (χ0n) is 23.9. The summed E-state index contributed by atoms with van der Waals surface area (Å²) in [5.41, 5.74) is 2.80. The largest absolute Gasteiger partial charge is 0.352 e. The lowest BCUT2D eigenvalue weighted by Gasteiger charge is -2.35. The molecule has 1 saturated carbocycles. The van der Waals surface area contributed by atoms with Gasteiger partial charge < -0.3 is 10.2 Å². The van der Waals surface area contributed by atoms with Crippen LogP contribution in [0.5, 0.6) is 0 Å².